The molecule has 0 heterocycles. The minimum atomic E-state index is 0.615. The Morgan fingerprint density at radius 1 is 1.00 bits per heavy atom. The molecule has 0 bridgehead atoms. The topological polar surface area (TPSA) is 33.3 Å². The number of hydrogen-bond acceptors (Lipinski definition) is 2. The summed E-state index contributed by atoms with van der Waals surface area (Å²) in [6.07, 6.45) is 4.84. The Morgan fingerprint density at radius 3 is 2.55 bits per heavy atom. The number of anilines is 2. The number of thiocarbonyl (C=S) groups is 1. The van der Waals surface area contributed by atoms with E-state index < -0.39 is 0 Å². The van der Waals surface area contributed by atoms with Crippen molar-refractivity contribution in [2.24, 2.45) is 0 Å². The molecule has 4 heteroatoms. The van der Waals surface area contributed by atoms with Gasteiger partial charge in [0.1, 0.15) is 5.75 Å². The number of rotatable bonds is 3. The van der Waals surface area contributed by atoms with Crippen LogP contribution in [0.25, 0.3) is 0 Å². The minimum absolute atomic E-state index is 0.615. The quantitative estimate of drug-likeness (QED) is 0.824. The summed E-state index contributed by atoms with van der Waals surface area (Å²) in [6, 6.07) is 14.2. The Labute approximate surface area is 136 Å². The van der Waals surface area contributed by atoms with E-state index in [0.29, 0.717) is 5.11 Å². The van der Waals surface area contributed by atoms with Crippen LogP contribution < -0.4 is 15.4 Å². The lowest BCUT2D eigenvalue weighted by atomic mass is 9.90. The number of benzene rings is 2. The summed E-state index contributed by atoms with van der Waals surface area (Å²) in [5.41, 5.74) is 4.93. The SMILES string of the molecule is COc1ccc(NC(=S)Nc2cccc3c2CCCC3)cc1. The van der Waals surface area contributed by atoms with Crippen LogP contribution in [-0.4, -0.2) is 12.2 Å². The van der Waals surface area contributed by atoms with Crippen LogP contribution in [0.2, 0.25) is 0 Å². The molecule has 0 radical (unpaired) electrons. The molecular formula is C18H20N2OS. The van der Waals surface area contributed by atoms with Crippen molar-refractivity contribution < 1.29 is 4.74 Å². The fraction of sp³-hybridized carbons (Fsp3) is 0.278. The maximum Gasteiger partial charge on any atom is 0.175 e. The third-order valence-electron chi connectivity index (χ3n) is 3.99. The van der Waals surface area contributed by atoms with Crippen LogP contribution >= 0.6 is 12.2 Å². The van der Waals surface area contributed by atoms with Crippen molar-refractivity contribution in [1.29, 1.82) is 0 Å². The monoisotopic (exact) mass is 312 g/mol. The predicted octanol–water partition coefficient (Wildman–Crippen LogP) is 4.38. The van der Waals surface area contributed by atoms with Crippen LogP contribution in [0.4, 0.5) is 11.4 Å². The van der Waals surface area contributed by atoms with Gasteiger partial charge in [0.2, 0.25) is 0 Å². The van der Waals surface area contributed by atoms with E-state index in [0.717, 1.165) is 23.5 Å². The van der Waals surface area contributed by atoms with Crippen molar-refractivity contribution in [2.45, 2.75) is 25.7 Å². The minimum Gasteiger partial charge on any atom is -0.497 e. The molecule has 0 amide bonds. The Hall–Kier alpha value is -2.07. The van der Waals surface area contributed by atoms with Crippen LogP contribution in [0.5, 0.6) is 5.75 Å². The van der Waals surface area contributed by atoms with E-state index >= 15 is 0 Å². The highest BCUT2D eigenvalue weighted by atomic mass is 32.1. The van der Waals surface area contributed by atoms with Crippen LogP contribution in [0, 0.1) is 0 Å². The van der Waals surface area contributed by atoms with Gasteiger partial charge >= 0.3 is 0 Å². The first-order valence-electron chi connectivity index (χ1n) is 7.59. The molecule has 2 aromatic rings. The van der Waals surface area contributed by atoms with Gasteiger partial charge in [0.15, 0.2) is 5.11 Å². The average Bonchev–Trinajstić information content (AvgIpc) is 2.56. The lowest BCUT2D eigenvalue weighted by Crippen LogP contribution is -2.20. The summed E-state index contributed by atoms with van der Waals surface area (Å²) in [6.45, 7) is 0. The summed E-state index contributed by atoms with van der Waals surface area (Å²) in [5.74, 6) is 0.835. The van der Waals surface area contributed by atoms with Crippen molar-refractivity contribution in [3.8, 4) is 5.75 Å². The number of hydrogen-bond donors (Lipinski definition) is 2. The first-order chi connectivity index (χ1) is 10.8. The summed E-state index contributed by atoms with van der Waals surface area (Å²) >= 11 is 5.43. The molecule has 0 saturated heterocycles. The van der Waals surface area contributed by atoms with Gasteiger partial charge in [-0.25, -0.2) is 0 Å². The lowest BCUT2D eigenvalue weighted by molar-refractivity contribution is 0.415. The van der Waals surface area contributed by atoms with Gasteiger partial charge in [0.05, 0.1) is 7.11 Å². The number of aryl methyl sites for hydroxylation is 1. The third kappa shape index (κ3) is 3.39. The normalized spacial score (nSPS) is 13.1. The fourth-order valence-corrected chi connectivity index (χ4v) is 3.09. The highest BCUT2D eigenvalue weighted by Crippen LogP contribution is 2.28. The predicted molar refractivity (Wildman–Crippen MR) is 95.9 cm³/mol. The van der Waals surface area contributed by atoms with Crippen LogP contribution in [0.3, 0.4) is 0 Å². The largest absolute Gasteiger partial charge is 0.497 e. The van der Waals surface area contributed by atoms with Gasteiger partial charge in [0.25, 0.3) is 0 Å². The maximum atomic E-state index is 5.43. The summed E-state index contributed by atoms with van der Waals surface area (Å²) in [5, 5.41) is 7.16. The molecule has 0 fully saturated rings. The van der Waals surface area contributed by atoms with Crippen molar-refractivity contribution in [2.75, 3.05) is 17.7 Å². The fourth-order valence-electron chi connectivity index (χ4n) is 2.86. The summed E-state index contributed by atoms with van der Waals surface area (Å²) < 4.78 is 5.16. The maximum absolute atomic E-state index is 5.43. The molecule has 0 aromatic heterocycles. The van der Waals surface area contributed by atoms with Crippen molar-refractivity contribution in [1.82, 2.24) is 0 Å². The molecule has 0 spiro atoms. The first-order valence-corrected chi connectivity index (χ1v) is 8.00. The molecule has 0 aliphatic heterocycles. The highest BCUT2D eigenvalue weighted by Gasteiger charge is 2.13. The zero-order valence-corrected chi connectivity index (χ0v) is 13.5. The van der Waals surface area contributed by atoms with Gasteiger partial charge < -0.3 is 15.4 Å². The van der Waals surface area contributed by atoms with E-state index in [-0.39, 0.29) is 0 Å². The molecule has 1 aliphatic carbocycles. The van der Waals surface area contributed by atoms with Gasteiger partial charge in [-0.15, -0.1) is 0 Å². The molecule has 0 atom stereocenters. The van der Waals surface area contributed by atoms with Gasteiger partial charge in [-0.3, -0.25) is 0 Å². The second kappa shape index (κ2) is 6.79. The number of fused-ring (bicyclic) bond motifs is 1. The lowest BCUT2D eigenvalue weighted by Gasteiger charge is -2.20. The van der Waals surface area contributed by atoms with Crippen LogP contribution in [-0.2, 0) is 12.8 Å². The average molecular weight is 312 g/mol. The van der Waals surface area contributed by atoms with E-state index in [4.69, 9.17) is 17.0 Å². The molecule has 3 rings (SSSR count). The Bertz CT molecular complexity index is 667. The van der Waals surface area contributed by atoms with E-state index in [2.05, 4.69) is 28.8 Å². The van der Waals surface area contributed by atoms with Gasteiger partial charge in [-0.05, 0) is 79.4 Å². The first kappa shape index (κ1) is 14.9. The van der Waals surface area contributed by atoms with E-state index in [1.165, 1.54) is 30.4 Å². The van der Waals surface area contributed by atoms with Crippen molar-refractivity contribution >= 4 is 28.7 Å². The second-order valence-electron chi connectivity index (χ2n) is 5.46. The van der Waals surface area contributed by atoms with E-state index in [1.54, 1.807) is 7.11 Å². The molecule has 22 heavy (non-hydrogen) atoms. The Morgan fingerprint density at radius 2 is 1.77 bits per heavy atom. The number of methoxy groups -OCH3 is 1. The van der Waals surface area contributed by atoms with E-state index in [9.17, 15) is 0 Å². The smallest absolute Gasteiger partial charge is 0.175 e. The van der Waals surface area contributed by atoms with Crippen LogP contribution in [0.15, 0.2) is 42.5 Å². The van der Waals surface area contributed by atoms with Crippen molar-refractivity contribution in [3.63, 3.8) is 0 Å². The summed E-state index contributed by atoms with van der Waals surface area (Å²) in [4.78, 5) is 0. The standard InChI is InChI=1S/C18H20N2OS/c1-21-15-11-9-14(10-12-15)19-18(22)20-17-8-4-6-13-5-2-3-7-16(13)17/h4,6,8-12H,2-3,5,7H2,1H3,(H2,19,20,22). The molecule has 0 saturated carbocycles. The number of ether oxygens (including phenoxy) is 1. The third-order valence-corrected chi connectivity index (χ3v) is 4.20. The zero-order chi connectivity index (χ0) is 15.4. The van der Waals surface area contributed by atoms with Gasteiger partial charge in [0, 0.05) is 11.4 Å². The Kier molecular flexibility index (Phi) is 4.59. The summed E-state index contributed by atoms with van der Waals surface area (Å²) in [7, 11) is 1.66. The zero-order valence-electron chi connectivity index (χ0n) is 12.7. The molecule has 3 nitrogen and oxygen atoms in total. The second-order valence-corrected chi connectivity index (χ2v) is 5.87. The Balaban J connectivity index is 1.69. The van der Waals surface area contributed by atoms with Crippen molar-refractivity contribution in [3.05, 3.63) is 53.6 Å². The van der Waals surface area contributed by atoms with Gasteiger partial charge in [-0.2, -0.15) is 0 Å². The van der Waals surface area contributed by atoms with Gasteiger partial charge in [-0.1, -0.05) is 12.1 Å². The van der Waals surface area contributed by atoms with E-state index in [1.807, 2.05) is 24.3 Å². The molecule has 1 aliphatic rings. The molecule has 0 unspecified atom stereocenters. The number of nitrogens with one attached hydrogen (secondary N) is 2. The molecule has 114 valence electrons. The molecule has 2 N–H and O–H groups in total. The highest BCUT2D eigenvalue weighted by molar-refractivity contribution is 7.80. The molecule has 2 aromatic carbocycles. The van der Waals surface area contributed by atoms with Crippen LogP contribution in [0.1, 0.15) is 24.0 Å². The molecular weight excluding hydrogens is 292 g/mol.